The maximum absolute atomic E-state index is 13.9. The van der Waals surface area contributed by atoms with Crippen molar-refractivity contribution in [3.05, 3.63) is 58.9 Å². The summed E-state index contributed by atoms with van der Waals surface area (Å²) in [6.07, 6.45) is 3.43. The molecule has 2 aromatic rings. The zero-order valence-electron chi connectivity index (χ0n) is 10.5. The summed E-state index contributed by atoms with van der Waals surface area (Å²) in [6.45, 7) is 0. The Morgan fingerprint density at radius 3 is 2.79 bits per heavy atom. The van der Waals surface area contributed by atoms with Crippen LogP contribution in [0.3, 0.4) is 0 Å². The van der Waals surface area contributed by atoms with Crippen LogP contribution in [0.1, 0.15) is 23.1 Å². The molecule has 1 aliphatic rings. The van der Waals surface area contributed by atoms with Gasteiger partial charge in [-0.15, -0.1) is 0 Å². The Bertz CT molecular complexity index is 610. The second-order valence-corrected chi connectivity index (χ2v) is 5.31. The quantitative estimate of drug-likeness (QED) is 0.723. The van der Waals surface area contributed by atoms with Gasteiger partial charge in [-0.25, -0.2) is 4.39 Å². The highest BCUT2D eigenvalue weighted by molar-refractivity contribution is 9.08. The molecule has 0 spiro atoms. The maximum Gasteiger partial charge on any atom is 0.167 e. The molecule has 19 heavy (non-hydrogen) atoms. The van der Waals surface area contributed by atoms with Crippen LogP contribution in [-0.4, -0.2) is 0 Å². The third-order valence-corrected chi connectivity index (χ3v) is 4.09. The number of rotatable bonds is 3. The zero-order valence-corrected chi connectivity index (χ0v) is 12.0. The van der Waals surface area contributed by atoms with E-state index in [0.717, 1.165) is 18.4 Å². The summed E-state index contributed by atoms with van der Waals surface area (Å²) in [5.74, 6) is 0.711. The van der Waals surface area contributed by atoms with Gasteiger partial charge >= 0.3 is 0 Å². The number of ether oxygens (including phenoxy) is 1. The topological polar surface area (TPSA) is 9.23 Å². The fourth-order valence-electron chi connectivity index (χ4n) is 2.50. The lowest BCUT2D eigenvalue weighted by Gasteiger charge is -2.11. The molecular formula is C16H14BrFO. The second-order valence-electron chi connectivity index (χ2n) is 4.75. The molecule has 0 N–H and O–H groups in total. The number of hydrogen-bond acceptors (Lipinski definition) is 1. The van der Waals surface area contributed by atoms with Crippen molar-refractivity contribution in [2.75, 3.05) is 0 Å². The Balaban J connectivity index is 1.93. The van der Waals surface area contributed by atoms with Crippen LogP contribution in [0.15, 0.2) is 36.4 Å². The van der Waals surface area contributed by atoms with Gasteiger partial charge in [0.1, 0.15) is 5.75 Å². The predicted octanol–water partition coefficient (Wildman–Crippen LogP) is 5.00. The lowest BCUT2D eigenvalue weighted by atomic mass is 10.1. The Morgan fingerprint density at radius 1 is 1.11 bits per heavy atom. The molecule has 0 aliphatic heterocycles. The Morgan fingerprint density at radius 2 is 1.95 bits per heavy atom. The summed E-state index contributed by atoms with van der Waals surface area (Å²) in [6, 6.07) is 11.0. The molecule has 0 aromatic heterocycles. The minimum Gasteiger partial charge on any atom is -0.454 e. The summed E-state index contributed by atoms with van der Waals surface area (Å²) >= 11 is 3.36. The maximum atomic E-state index is 13.9. The molecule has 0 amide bonds. The van der Waals surface area contributed by atoms with Crippen molar-refractivity contribution in [1.29, 1.82) is 0 Å². The molecule has 3 heteroatoms. The molecule has 98 valence electrons. The third kappa shape index (κ3) is 2.52. The van der Waals surface area contributed by atoms with Crippen LogP contribution in [0.4, 0.5) is 4.39 Å². The average molecular weight is 321 g/mol. The molecule has 1 aliphatic carbocycles. The molecule has 1 nitrogen and oxygen atoms in total. The molecule has 0 saturated carbocycles. The molecular weight excluding hydrogens is 307 g/mol. The van der Waals surface area contributed by atoms with Crippen LogP contribution >= 0.6 is 15.9 Å². The van der Waals surface area contributed by atoms with E-state index in [1.54, 1.807) is 6.07 Å². The molecule has 2 aromatic carbocycles. The number of para-hydroxylation sites is 1. The molecule has 0 radical (unpaired) electrons. The van der Waals surface area contributed by atoms with Gasteiger partial charge in [0.25, 0.3) is 0 Å². The lowest BCUT2D eigenvalue weighted by Crippen LogP contribution is -1.94. The fraction of sp³-hybridized carbons (Fsp3) is 0.250. The van der Waals surface area contributed by atoms with E-state index in [-0.39, 0.29) is 5.82 Å². The van der Waals surface area contributed by atoms with Crippen molar-refractivity contribution in [3.63, 3.8) is 0 Å². The van der Waals surface area contributed by atoms with Gasteiger partial charge in [0.15, 0.2) is 11.6 Å². The highest BCUT2D eigenvalue weighted by Gasteiger charge is 2.14. The highest BCUT2D eigenvalue weighted by atomic mass is 79.9. The van der Waals surface area contributed by atoms with Gasteiger partial charge in [-0.3, -0.25) is 0 Å². The number of aryl methyl sites for hydroxylation is 2. The minimum atomic E-state index is -0.322. The van der Waals surface area contributed by atoms with E-state index in [4.69, 9.17) is 4.74 Å². The van der Waals surface area contributed by atoms with Gasteiger partial charge in [-0.2, -0.15) is 0 Å². The van der Waals surface area contributed by atoms with Crippen molar-refractivity contribution >= 4 is 15.9 Å². The van der Waals surface area contributed by atoms with Crippen molar-refractivity contribution in [2.45, 2.75) is 24.6 Å². The van der Waals surface area contributed by atoms with Crippen molar-refractivity contribution in [1.82, 2.24) is 0 Å². The van der Waals surface area contributed by atoms with Crippen LogP contribution in [0.5, 0.6) is 11.5 Å². The van der Waals surface area contributed by atoms with Crippen LogP contribution in [0.2, 0.25) is 0 Å². The fourth-order valence-corrected chi connectivity index (χ4v) is 2.94. The number of benzene rings is 2. The molecule has 0 bridgehead atoms. The molecule has 0 fully saturated rings. The summed E-state index contributed by atoms with van der Waals surface area (Å²) in [7, 11) is 0. The molecule has 0 saturated heterocycles. The summed E-state index contributed by atoms with van der Waals surface area (Å²) in [5, 5.41) is 0.574. The highest BCUT2D eigenvalue weighted by Crippen LogP contribution is 2.32. The Hall–Kier alpha value is -1.35. The molecule has 0 heterocycles. The first-order valence-corrected chi connectivity index (χ1v) is 7.53. The monoisotopic (exact) mass is 320 g/mol. The summed E-state index contributed by atoms with van der Waals surface area (Å²) in [5.41, 5.74) is 3.54. The van der Waals surface area contributed by atoms with Crippen molar-refractivity contribution in [3.8, 4) is 11.5 Å². The van der Waals surface area contributed by atoms with Crippen molar-refractivity contribution in [2.24, 2.45) is 0 Å². The molecule has 0 atom stereocenters. The van der Waals surface area contributed by atoms with Gasteiger partial charge < -0.3 is 4.74 Å². The number of halogens is 2. The van der Waals surface area contributed by atoms with Crippen molar-refractivity contribution < 1.29 is 9.13 Å². The average Bonchev–Trinajstić information content (AvgIpc) is 2.88. The van der Waals surface area contributed by atoms with Gasteiger partial charge in [0.05, 0.1) is 0 Å². The zero-order chi connectivity index (χ0) is 13.2. The van der Waals surface area contributed by atoms with Gasteiger partial charge in [0, 0.05) is 10.9 Å². The largest absolute Gasteiger partial charge is 0.454 e. The minimum absolute atomic E-state index is 0.317. The third-order valence-electron chi connectivity index (χ3n) is 3.48. The summed E-state index contributed by atoms with van der Waals surface area (Å²) < 4.78 is 19.6. The summed E-state index contributed by atoms with van der Waals surface area (Å²) in [4.78, 5) is 0. The van der Waals surface area contributed by atoms with Crippen LogP contribution < -0.4 is 4.74 Å². The normalized spacial score (nSPS) is 13.4. The number of alkyl halides is 1. The van der Waals surface area contributed by atoms with E-state index in [9.17, 15) is 4.39 Å². The van der Waals surface area contributed by atoms with Crippen LogP contribution in [0, 0.1) is 5.82 Å². The first kappa shape index (κ1) is 12.7. The van der Waals surface area contributed by atoms with E-state index >= 15 is 0 Å². The van der Waals surface area contributed by atoms with Gasteiger partial charge in [-0.05, 0) is 48.6 Å². The second kappa shape index (κ2) is 5.33. The lowest BCUT2D eigenvalue weighted by molar-refractivity contribution is 0.438. The predicted molar refractivity (Wildman–Crippen MR) is 77.6 cm³/mol. The van der Waals surface area contributed by atoms with Crippen LogP contribution in [-0.2, 0) is 18.2 Å². The SMILES string of the molecule is Fc1cccc(CBr)c1Oc1ccc2c(c1)CCC2. The number of hydrogen-bond donors (Lipinski definition) is 0. The first-order valence-electron chi connectivity index (χ1n) is 6.41. The molecule has 0 unspecified atom stereocenters. The van der Waals surface area contributed by atoms with Gasteiger partial charge in [-0.1, -0.05) is 34.1 Å². The number of fused-ring (bicyclic) bond motifs is 1. The first-order chi connectivity index (χ1) is 9.28. The van der Waals surface area contributed by atoms with E-state index < -0.39 is 0 Å². The van der Waals surface area contributed by atoms with E-state index in [1.807, 2.05) is 18.2 Å². The Labute approximate surface area is 120 Å². The standard InChI is InChI=1S/C16H14BrFO/c17-10-13-5-2-6-15(18)16(13)19-14-8-7-11-3-1-4-12(11)9-14/h2,5-9H,1,3-4,10H2. The smallest absolute Gasteiger partial charge is 0.167 e. The van der Waals surface area contributed by atoms with E-state index in [1.165, 1.54) is 23.6 Å². The Kier molecular flexibility index (Phi) is 3.56. The van der Waals surface area contributed by atoms with Gasteiger partial charge in [0.2, 0.25) is 0 Å². The van der Waals surface area contributed by atoms with E-state index in [0.29, 0.717) is 16.8 Å². The van der Waals surface area contributed by atoms with E-state index in [2.05, 4.69) is 22.0 Å². The van der Waals surface area contributed by atoms with Crippen LogP contribution in [0.25, 0.3) is 0 Å². The molecule has 3 rings (SSSR count).